The molecule has 0 heterocycles. The van der Waals surface area contributed by atoms with E-state index < -0.39 is 18.2 Å². The maximum Gasteiger partial charge on any atom is 0.306 e. The summed E-state index contributed by atoms with van der Waals surface area (Å²) in [5.74, 6) is -0.576. The Morgan fingerprint density at radius 1 is 0.525 bits per heavy atom. The van der Waals surface area contributed by atoms with Crippen molar-refractivity contribution in [3.05, 3.63) is 85.1 Å². The first kappa shape index (κ1) is 56.0. The number of ether oxygens (including phenoxy) is 1. The Balaban J connectivity index is 4.73. The fraction of sp³-hybridized carbons (Fsp3) is 0.698. The summed E-state index contributed by atoms with van der Waals surface area (Å²) in [4.78, 5) is 26.0. The van der Waals surface area contributed by atoms with Crippen LogP contribution in [-0.2, 0) is 14.3 Å². The summed E-state index contributed by atoms with van der Waals surface area (Å²) in [6.07, 6.45) is 59.3. The Bertz CT molecular complexity index is 1150. The third kappa shape index (κ3) is 41.6. The zero-order valence-electron chi connectivity index (χ0n) is 38.4. The number of allylic oxidation sites excluding steroid dienone is 14. The Morgan fingerprint density at radius 2 is 0.983 bits per heavy atom. The fourth-order valence-electron chi connectivity index (χ4n) is 6.90. The lowest BCUT2D eigenvalue weighted by atomic mass is 10.0. The second kappa shape index (κ2) is 46.1. The molecule has 0 aliphatic rings. The Hall–Kier alpha value is -2.96. The zero-order valence-corrected chi connectivity index (χ0v) is 38.4. The molecule has 0 rings (SSSR count). The normalized spacial score (nSPS) is 14.1. The number of rotatable bonds is 42. The van der Waals surface area contributed by atoms with E-state index in [2.05, 4.69) is 56.5 Å². The first-order valence-electron chi connectivity index (χ1n) is 24.4. The number of hydrogen-bond donors (Lipinski definition) is 3. The molecule has 3 unspecified atom stereocenters. The van der Waals surface area contributed by atoms with Crippen LogP contribution in [0, 0.1) is 0 Å². The van der Waals surface area contributed by atoms with E-state index >= 15 is 0 Å². The average Bonchev–Trinajstić information content (AvgIpc) is 3.23. The summed E-state index contributed by atoms with van der Waals surface area (Å²) in [6.45, 7) is 6.27. The van der Waals surface area contributed by atoms with Gasteiger partial charge in [0.15, 0.2) is 0 Å². The molecule has 0 fully saturated rings. The van der Waals surface area contributed by atoms with E-state index in [0.29, 0.717) is 25.7 Å². The minimum absolute atomic E-state index is 0.0394. The smallest absolute Gasteiger partial charge is 0.306 e. The molecule has 59 heavy (non-hydrogen) atoms. The van der Waals surface area contributed by atoms with Gasteiger partial charge in [0, 0.05) is 6.42 Å². The molecule has 3 atom stereocenters. The van der Waals surface area contributed by atoms with E-state index in [9.17, 15) is 19.8 Å². The SMILES string of the molecule is CC/C=C/C=C/C=C\C=C/C=C/CCCC(=O)OC(CCCCCCCCC/C=C\C/C=C\CCCCC)CC(=O)NC(CO)C(O)CCCCCCCCCCCC. The van der Waals surface area contributed by atoms with Crippen molar-refractivity contribution in [2.45, 2.75) is 232 Å². The monoisotopic (exact) mass is 822 g/mol. The Labute approximate surface area is 363 Å². The van der Waals surface area contributed by atoms with Gasteiger partial charge in [-0.25, -0.2) is 0 Å². The molecule has 0 saturated carbocycles. The van der Waals surface area contributed by atoms with Gasteiger partial charge in [0.05, 0.1) is 25.2 Å². The first-order chi connectivity index (χ1) is 29.0. The number of esters is 1. The molecule has 0 aromatic rings. The van der Waals surface area contributed by atoms with Crippen LogP contribution in [0.2, 0.25) is 0 Å². The van der Waals surface area contributed by atoms with Crippen LogP contribution in [0.5, 0.6) is 0 Å². The quantitative estimate of drug-likeness (QED) is 0.0247. The third-order valence-corrected chi connectivity index (χ3v) is 10.6. The molecular formula is C53H91NO5. The van der Waals surface area contributed by atoms with Crippen molar-refractivity contribution in [3.8, 4) is 0 Å². The molecule has 0 bridgehead atoms. The van der Waals surface area contributed by atoms with E-state index in [0.717, 1.165) is 64.2 Å². The number of aliphatic hydroxyl groups is 2. The van der Waals surface area contributed by atoms with Crippen molar-refractivity contribution >= 4 is 11.9 Å². The van der Waals surface area contributed by atoms with Crippen molar-refractivity contribution in [1.29, 1.82) is 0 Å². The van der Waals surface area contributed by atoms with Crippen LogP contribution in [0.15, 0.2) is 85.1 Å². The van der Waals surface area contributed by atoms with Gasteiger partial charge in [0.2, 0.25) is 5.91 Å². The van der Waals surface area contributed by atoms with E-state index in [1.165, 1.54) is 96.3 Å². The highest BCUT2D eigenvalue weighted by Gasteiger charge is 2.24. The summed E-state index contributed by atoms with van der Waals surface area (Å²) < 4.78 is 5.88. The van der Waals surface area contributed by atoms with Gasteiger partial charge in [-0.1, -0.05) is 215 Å². The Kier molecular flexibility index (Phi) is 43.8. The fourth-order valence-corrected chi connectivity index (χ4v) is 6.90. The molecule has 0 aromatic heterocycles. The van der Waals surface area contributed by atoms with Crippen LogP contribution >= 0.6 is 0 Å². The van der Waals surface area contributed by atoms with Crippen molar-refractivity contribution in [2.24, 2.45) is 0 Å². The van der Waals surface area contributed by atoms with E-state index in [4.69, 9.17) is 4.74 Å². The second-order valence-corrected chi connectivity index (χ2v) is 16.2. The van der Waals surface area contributed by atoms with Gasteiger partial charge in [-0.3, -0.25) is 9.59 Å². The maximum absolute atomic E-state index is 13.2. The number of carbonyl (C=O) groups excluding carboxylic acids is 2. The number of aliphatic hydroxyl groups excluding tert-OH is 2. The first-order valence-corrected chi connectivity index (χ1v) is 24.4. The number of carbonyl (C=O) groups is 2. The topological polar surface area (TPSA) is 95.9 Å². The molecular weight excluding hydrogens is 731 g/mol. The van der Waals surface area contributed by atoms with Crippen LogP contribution in [0.25, 0.3) is 0 Å². The summed E-state index contributed by atoms with van der Waals surface area (Å²) in [7, 11) is 0. The predicted molar refractivity (Wildman–Crippen MR) is 254 cm³/mol. The lowest BCUT2D eigenvalue weighted by Gasteiger charge is -2.24. The van der Waals surface area contributed by atoms with Gasteiger partial charge in [0.1, 0.15) is 6.10 Å². The summed E-state index contributed by atoms with van der Waals surface area (Å²) in [5, 5.41) is 23.7. The van der Waals surface area contributed by atoms with Crippen molar-refractivity contribution in [3.63, 3.8) is 0 Å². The van der Waals surface area contributed by atoms with Crippen molar-refractivity contribution in [1.82, 2.24) is 5.32 Å². The highest BCUT2D eigenvalue weighted by atomic mass is 16.5. The largest absolute Gasteiger partial charge is 0.462 e. The average molecular weight is 822 g/mol. The van der Waals surface area contributed by atoms with Gasteiger partial charge in [-0.15, -0.1) is 0 Å². The number of amides is 1. The van der Waals surface area contributed by atoms with Gasteiger partial charge in [0.25, 0.3) is 0 Å². The molecule has 0 aliphatic heterocycles. The summed E-state index contributed by atoms with van der Waals surface area (Å²) in [6, 6.07) is -0.721. The van der Waals surface area contributed by atoms with Crippen LogP contribution in [0.1, 0.15) is 213 Å². The van der Waals surface area contributed by atoms with Crippen LogP contribution in [-0.4, -0.2) is 46.9 Å². The third-order valence-electron chi connectivity index (χ3n) is 10.6. The summed E-state index contributed by atoms with van der Waals surface area (Å²) >= 11 is 0. The second-order valence-electron chi connectivity index (χ2n) is 16.2. The van der Waals surface area contributed by atoms with Crippen LogP contribution < -0.4 is 5.32 Å². The molecule has 6 nitrogen and oxygen atoms in total. The lowest BCUT2D eigenvalue weighted by Crippen LogP contribution is -2.46. The molecule has 3 N–H and O–H groups in total. The highest BCUT2D eigenvalue weighted by Crippen LogP contribution is 2.17. The van der Waals surface area contributed by atoms with E-state index in [1.54, 1.807) is 0 Å². The lowest BCUT2D eigenvalue weighted by molar-refractivity contribution is -0.151. The summed E-state index contributed by atoms with van der Waals surface area (Å²) in [5.41, 5.74) is 0. The van der Waals surface area contributed by atoms with Crippen molar-refractivity contribution in [2.75, 3.05) is 6.61 Å². The molecule has 0 saturated heterocycles. The van der Waals surface area contributed by atoms with Gasteiger partial charge in [-0.2, -0.15) is 0 Å². The zero-order chi connectivity index (χ0) is 43.1. The molecule has 0 radical (unpaired) electrons. The highest BCUT2D eigenvalue weighted by molar-refractivity contribution is 5.77. The van der Waals surface area contributed by atoms with Gasteiger partial charge in [-0.05, 0) is 70.6 Å². The van der Waals surface area contributed by atoms with E-state index in [-0.39, 0.29) is 24.9 Å². The van der Waals surface area contributed by atoms with E-state index in [1.807, 2.05) is 54.7 Å². The van der Waals surface area contributed by atoms with Crippen LogP contribution in [0.3, 0.4) is 0 Å². The Morgan fingerprint density at radius 3 is 1.54 bits per heavy atom. The number of nitrogens with one attached hydrogen (secondary N) is 1. The minimum Gasteiger partial charge on any atom is -0.462 e. The molecule has 1 amide bonds. The molecule has 0 aliphatic carbocycles. The van der Waals surface area contributed by atoms with Crippen LogP contribution in [0.4, 0.5) is 0 Å². The minimum atomic E-state index is -0.805. The number of hydrogen-bond acceptors (Lipinski definition) is 5. The predicted octanol–water partition coefficient (Wildman–Crippen LogP) is 14.4. The molecule has 0 spiro atoms. The number of unbranched alkanes of at least 4 members (excludes halogenated alkanes) is 20. The maximum atomic E-state index is 13.2. The molecule has 6 heteroatoms. The standard InChI is InChI=1S/C53H91NO5/c1-4-7-10-13-16-19-22-24-25-26-27-29-30-32-35-38-41-44-49(59-53(58)46-43-40-37-34-31-28-23-20-17-14-11-8-5-2)47-52(57)54-50(48-55)51(56)45-42-39-36-33-21-18-15-12-9-6-3/h8,11,14,16-17,19-20,23-25,28,31,34,37,49-51,55-56H,4-7,9-10,12-13,15,18,21-22,26-27,29-30,32-33,35-36,38-48H2,1-3H3,(H,54,57)/b11-8+,17-14+,19-16-,23-20-,25-24-,31-28-,37-34+. The molecule has 0 aromatic carbocycles. The molecule has 338 valence electrons. The van der Waals surface area contributed by atoms with Crippen molar-refractivity contribution < 1.29 is 24.5 Å². The van der Waals surface area contributed by atoms with Gasteiger partial charge >= 0.3 is 5.97 Å². The van der Waals surface area contributed by atoms with Gasteiger partial charge < -0.3 is 20.3 Å².